The predicted octanol–water partition coefficient (Wildman–Crippen LogP) is 9.01. The predicted molar refractivity (Wildman–Crippen MR) is 149 cm³/mol. The Morgan fingerprint density at radius 3 is 2.32 bits per heavy atom. The van der Waals surface area contributed by atoms with Crippen LogP contribution in [0.25, 0.3) is 61.0 Å². The Hall–Kier alpha value is -4.70. The number of furan rings is 1. The first-order valence-electron chi connectivity index (χ1n) is 12.3. The fraction of sp³-hybridized carbons (Fsp3) is 0.0606. The van der Waals surface area contributed by atoms with Crippen LogP contribution >= 0.6 is 0 Å². The van der Waals surface area contributed by atoms with Crippen LogP contribution in [0.4, 0.5) is 4.39 Å². The van der Waals surface area contributed by atoms with Crippen LogP contribution in [0.1, 0.15) is 11.1 Å². The number of halogens is 1. The van der Waals surface area contributed by atoms with Crippen LogP contribution in [0.2, 0.25) is 0 Å². The highest BCUT2D eigenvalue weighted by atomic mass is 19.1. The lowest BCUT2D eigenvalue weighted by atomic mass is 9.95. The van der Waals surface area contributed by atoms with Gasteiger partial charge in [0.1, 0.15) is 23.5 Å². The maximum absolute atomic E-state index is 14.4. The average Bonchev–Trinajstić information content (AvgIpc) is 3.49. The highest BCUT2D eigenvalue weighted by molar-refractivity contribution is 6.03. The topological polar surface area (TPSA) is 31.0 Å². The lowest BCUT2D eigenvalue weighted by Gasteiger charge is -2.16. The third kappa shape index (κ3) is 3.37. The first-order valence-corrected chi connectivity index (χ1v) is 12.3. The number of rotatable bonds is 3. The van der Waals surface area contributed by atoms with Crippen LogP contribution in [0.3, 0.4) is 0 Å². The van der Waals surface area contributed by atoms with Gasteiger partial charge in [0.25, 0.3) is 0 Å². The van der Waals surface area contributed by atoms with E-state index in [1.807, 2.05) is 36.4 Å². The van der Waals surface area contributed by atoms with Crippen LogP contribution in [0.5, 0.6) is 0 Å². The third-order valence-electron chi connectivity index (χ3n) is 7.16. The smallest absolute Gasteiger partial charge is 0.149 e. The number of imidazole rings is 1. The fourth-order valence-corrected chi connectivity index (χ4v) is 5.53. The summed E-state index contributed by atoms with van der Waals surface area (Å²) in [6.07, 6.45) is 1.73. The summed E-state index contributed by atoms with van der Waals surface area (Å²) in [5.74, 6) is 0.538. The zero-order chi connectivity index (χ0) is 25.1. The van der Waals surface area contributed by atoms with Gasteiger partial charge in [-0.3, -0.25) is 4.57 Å². The van der Waals surface area contributed by atoms with E-state index in [1.165, 1.54) is 28.3 Å². The first-order chi connectivity index (χ1) is 18.1. The van der Waals surface area contributed by atoms with E-state index in [9.17, 15) is 4.39 Å². The van der Waals surface area contributed by atoms with Gasteiger partial charge in [0.05, 0.1) is 16.6 Å². The number of fused-ring (bicyclic) bond motifs is 3. The highest BCUT2D eigenvalue weighted by Crippen LogP contribution is 2.38. The van der Waals surface area contributed by atoms with Gasteiger partial charge in [-0.15, -0.1) is 0 Å². The Morgan fingerprint density at radius 1 is 0.757 bits per heavy atom. The summed E-state index contributed by atoms with van der Waals surface area (Å²) < 4.78 is 22.6. The van der Waals surface area contributed by atoms with Gasteiger partial charge in [-0.05, 0) is 84.0 Å². The molecule has 0 aliphatic rings. The van der Waals surface area contributed by atoms with Crippen molar-refractivity contribution in [3.8, 4) is 28.2 Å². The molecule has 0 atom stereocenters. The summed E-state index contributed by atoms with van der Waals surface area (Å²) in [6, 6.07) is 32.0. The Balaban J connectivity index is 1.49. The lowest BCUT2D eigenvalue weighted by Crippen LogP contribution is -2.00. The van der Waals surface area contributed by atoms with E-state index in [4.69, 9.17) is 9.40 Å². The number of hydrogen-bond acceptors (Lipinski definition) is 2. The van der Waals surface area contributed by atoms with Crippen LogP contribution < -0.4 is 0 Å². The number of nitrogens with zero attached hydrogens (tertiary/aromatic N) is 2. The van der Waals surface area contributed by atoms with E-state index in [-0.39, 0.29) is 5.82 Å². The molecule has 4 heteroatoms. The Labute approximate surface area is 213 Å². The second kappa shape index (κ2) is 8.17. The van der Waals surface area contributed by atoms with E-state index in [2.05, 4.69) is 60.9 Å². The van der Waals surface area contributed by atoms with Gasteiger partial charge in [0.15, 0.2) is 0 Å². The maximum Gasteiger partial charge on any atom is 0.149 e. The van der Waals surface area contributed by atoms with Gasteiger partial charge in [-0.25, -0.2) is 9.37 Å². The van der Waals surface area contributed by atoms with Gasteiger partial charge < -0.3 is 4.42 Å². The molecule has 0 saturated carbocycles. The summed E-state index contributed by atoms with van der Waals surface area (Å²) in [5.41, 5.74) is 9.33. The summed E-state index contributed by atoms with van der Waals surface area (Å²) >= 11 is 0. The van der Waals surface area contributed by atoms with Crippen LogP contribution in [-0.2, 0) is 0 Å². The van der Waals surface area contributed by atoms with Crippen molar-refractivity contribution in [3.63, 3.8) is 0 Å². The number of benzene rings is 5. The van der Waals surface area contributed by atoms with Crippen molar-refractivity contribution in [1.82, 2.24) is 9.55 Å². The molecular formula is C33H23FN2O. The molecule has 0 aliphatic heterocycles. The average molecular weight is 483 g/mol. The Bertz CT molecular complexity index is 1940. The molecule has 2 aromatic heterocycles. The molecule has 0 bridgehead atoms. The van der Waals surface area contributed by atoms with Crippen LogP contribution in [0, 0.1) is 19.7 Å². The van der Waals surface area contributed by atoms with Gasteiger partial charge in [-0.1, -0.05) is 54.6 Å². The van der Waals surface area contributed by atoms with Crippen molar-refractivity contribution in [2.75, 3.05) is 0 Å². The van der Waals surface area contributed by atoms with E-state index in [0.29, 0.717) is 11.0 Å². The minimum atomic E-state index is -0.256. The molecule has 0 amide bonds. The molecule has 0 fully saturated rings. The van der Waals surface area contributed by atoms with Crippen LogP contribution in [0.15, 0.2) is 108 Å². The highest BCUT2D eigenvalue weighted by Gasteiger charge is 2.20. The Morgan fingerprint density at radius 2 is 1.51 bits per heavy atom. The van der Waals surface area contributed by atoms with Crippen molar-refractivity contribution in [2.45, 2.75) is 13.8 Å². The number of para-hydroxylation sites is 2. The number of aromatic nitrogens is 2. The normalized spacial score (nSPS) is 11.6. The Kier molecular flexibility index (Phi) is 4.76. The van der Waals surface area contributed by atoms with Crippen molar-refractivity contribution in [1.29, 1.82) is 0 Å². The molecule has 5 aromatic carbocycles. The fourth-order valence-electron chi connectivity index (χ4n) is 5.53. The van der Waals surface area contributed by atoms with E-state index in [1.54, 1.807) is 18.4 Å². The van der Waals surface area contributed by atoms with Crippen molar-refractivity contribution in [3.05, 3.63) is 120 Å². The van der Waals surface area contributed by atoms with Gasteiger partial charge in [0.2, 0.25) is 0 Å². The molecule has 0 N–H and O–H groups in total. The second-order valence-corrected chi connectivity index (χ2v) is 9.54. The summed E-state index contributed by atoms with van der Waals surface area (Å²) in [4.78, 5) is 5.05. The molecule has 7 rings (SSSR count). The van der Waals surface area contributed by atoms with E-state index < -0.39 is 0 Å². The zero-order valence-electron chi connectivity index (χ0n) is 20.5. The summed E-state index contributed by atoms with van der Waals surface area (Å²) in [6.45, 7) is 4.32. The van der Waals surface area contributed by atoms with Crippen molar-refractivity contribution in [2.24, 2.45) is 0 Å². The molecule has 0 spiro atoms. The molecule has 7 aromatic rings. The zero-order valence-corrected chi connectivity index (χ0v) is 20.5. The molecule has 0 saturated heterocycles. The SMILES string of the molecule is Cc1cc(-n2c(-c3coc4cc5c(F)cccc5cc34)nc3ccccc32)cc(C)c1-c1ccccc1. The summed E-state index contributed by atoms with van der Waals surface area (Å²) in [5, 5.41) is 2.29. The minimum Gasteiger partial charge on any atom is -0.464 e. The van der Waals surface area contributed by atoms with Gasteiger partial charge in [-0.2, -0.15) is 0 Å². The lowest BCUT2D eigenvalue weighted by molar-refractivity contribution is 0.615. The molecule has 3 nitrogen and oxygen atoms in total. The second-order valence-electron chi connectivity index (χ2n) is 9.54. The quantitative estimate of drug-likeness (QED) is 0.252. The van der Waals surface area contributed by atoms with E-state index in [0.717, 1.165) is 38.9 Å². The summed E-state index contributed by atoms with van der Waals surface area (Å²) in [7, 11) is 0. The van der Waals surface area contributed by atoms with Gasteiger partial charge >= 0.3 is 0 Å². The van der Waals surface area contributed by atoms with Crippen molar-refractivity contribution >= 4 is 32.8 Å². The minimum absolute atomic E-state index is 0.256. The standard InChI is InChI=1S/C33H23FN2O/c1-20-15-24(16-21(2)32(20)22-9-4-3-5-10-22)36-30-14-7-6-13-29(30)35-33(36)27-19-37-31-18-25-23(17-26(27)31)11-8-12-28(25)34/h3-19H,1-2H3. The van der Waals surface area contributed by atoms with Crippen molar-refractivity contribution < 1.29 is 8.81 Å². The maximum atomic E-state index is 14.4. The molecule has 178 valence electrons. The molecular weight excluding hydrogens is 459 g/mol. The number of hydrogen-bond donors (Lipinski definition) is 0. The van der Waals surface area contributed by atoms with E-state index >= 15 is 0 Å². The number of aryl methyl sites for hydroxylation is 2. The molecule has 37 heavy (non-hydrogen) atoms. The molecule has 0 unspecified atom stereocenters. The van der Waals surface area contributed by atoms with Crippen LogP contribution in [-0.4, -0.2) is 9.55 Å². The van der Waals surface area contributed by atoms with Gasteiger partial charge in [0, 0.05) is 16.5 Å². The third-order valence-corrected chi connectivity index (χ3v) is 7.16. The largest absolute Gasteiger partial charge is 0.464 e. The molecule has 2 heterocycles. The molecule has 0 aliphatic carbocycles. The molecule has 0 radical (unpaired) electrons. The first kappa shape index (κ1) is 21.6. The monoisotopic (exact) mass is 482 g/mol.